The van der Waals surface area contributed by atoms with Gasteiger partial charge in [0.15, 0.2) is 0 Å². The van der Waals surface area contributed by atoms with Gasteiger partial charge in [0.25, 0.3) is 0 Å². The van der Waals surface area contributed by atoms with Crippen LogP contribution in [-0.2, 0) is 4.74 Å². The second kappa shape index (κ2) is 8.68. The minimum absolute atomic E-state index is 0.299. The maximum Gasteiger partial charge on any atom is 0.338 e. The van der Waals surface area contributed by atoms with E-state index in [4.69, 9.17) is 4.74 Å². The Morgan fingerprint density at radius 2 is 1.84 bits per heavy atom. The molecule has 0 radical (unpaired) electrons. The van der Waals surface area contributed by atoms with Crippen LogP contribution in [0.3, 0.4) is 0 Å². The smallest absolute Gasteiger partial charge is 0.338 e. The van der Waals surface area contributed by atoms with Crippen LogP contribution < -0.4 is 0 Å². The van der Waals surface area contributed by atoms with E-state index in [-0.39, 0.29) is 11.8 Å². The average molecular weight is 266 g/mol. The number of benzene rings is 1. The van der Waals surface area contributed by atoms with Crippen molar-refractivity contribution in [2.24, 2.45) is 0 Å². The Morgan fingerprint density at radius 1 is 1.16 bits per heavy atom. The van der Waals surface area contributed by atoms with Crippen molar-refractivity contribution in [3.63, 3.8) is 0 Å². The minimum Gasteiger partial charge on any atom is -0.462 e. The highest BCUT2D eigenvalue weighted by molar-refractivity contribution is 5.89. The molecular formula is C16H23FO2. The third-order valence-electron chi connectivity index (χ3n) is 3.12. The SMILES string of the molecule is CCCCCCCCOC(=O)c1ccc(F)c(C)c1. The van der Waals surface area contributed by atoms with Gasteiger partial charge in [0, 0.05) is 0 Å². The van der Waals surface area contributed by atoms with E-state index >= 15 is 0 Å². The van der Waals surface area contributed by atoms with Gasteiger partial charge in [0.2, 0.25) is 0 Å². The standard InChI is InChI=1S/C16H23FO2/c1-3-4-5-6-7-8-11-19-16(18)14-9-10-15(17)13(2)12-14/h9-10,12H,3-8,11H2,1-2H3. The lowest BCUT2D eigenvalue weighted by Crippen LogP contribution is -2.07. The number of hydrogen-bond acceptors (Lipinski definition) is 2. The number of halogens is 1. The highest BCUT2D eigenvalue weighted by Gasteiger charge is 2.08. The molecule has 2 nitrogen and oxygen atoms in total. The molecule has 0 heterocycles. The summed E-state index contributed by atoms with van der Waals surface area (Å²) in [5.41, 5.74) is 0.888. The highest BCUT2D eigenvalue weighted by Crippen LogP contribution is 2.11. The summed E-state index contributed by atoms with van der Waals surface area (Å²) in [6.45, 7) is 4.27. The second-order valence-electron chi connectivity index (χ2n) is 4.87. The zero-order chi connectivity index (χ0) is 14.1. The number of carbonyl (C=O) groups excluding carboxylic acids is 1. The van der Waals surface area contributed by atoms with E-state index in [0.29, 0.717) is 17.7 Å². The summed E-state index contributed by atoms with van der Waals surface area (Å²) in [5.74, 6) is -0.663. The molecule has 0 N–H and O–H groups in total. The molecule has 3 heteroatoms. The first-order chi connectivity index (χ1) is 9.15. The van der Waals surface area contributed by atoms with Gasteiger partial charge < -0.3 is 4.74 Å². The molecule has 0 amide bonds. The first-order valence-corrected chi connectivity index (χ1v) is 7.08. The average Bonchev–Trinajstić information content (AvgIpc) is 2.40. The van der Waals surface area contributed by atoms with Crippen LogP contribution in [0, 0.1) is 12.7 Å². The van der Waals surface area contributed by atoms with Crippen molar-refractivity contribution >= 4 is 5.97 Å². The maximum atomic E-state index is 13.1. The predicted molar refractivity (Wildman–Crippen MR) is 74.8 cm³/mol. The first-order valence-electron chi connectivity index (χ1n) is 7.08. The normalized spacial score (nSPS) is 10.5. The van der Waals surface area contributed by atoms with E-state index in [1.54, 1.807) is 6.92 Å². The number of hydrogen-bond donors (Lipinski definition) is 0. The van der Waals surface area contributed by atoms with Crippen molar-refractivity contribution < 1.29 is 13.9 Å². The number of ether oxygens (including phenoxy) is 1. The van der Waals surface area contributed by atoms with Gasteiger partial charge in [-0.05, 0) is 37.1 Å². The van der Waals surface area contributed by atoms with Crippen molar-refractivity contribution in [2.45, 2.75) is 52.4 Å². The van der Waals surface area contributed by atoms with E-state index in [0.717, 1.165) is 12.8 Å². The molecule has 0 spiro atoms. The van der Waals surface area contributed by atoms with E-state index < -0.39 is 0 Å². The van der Waals surface area contributed by atoms with Crippen LogP contribution in [0.1, 0.15) is 61.4 Å². The van der Waals surface area contributed by atoms with Gasteiger partial charge in [0.1, 0.15) is 5.82 Å². The zero-order valence-corrected chi connectivity index (χ0v) is 11.9. The first kappa shape index (κ1) is 15.7. The number of aryl methyl sites for hydroxylation is 1. The topological polar surface area (TPSA) is 26.3 Å². The molecule has 0 atom stereocenters. The van der Waals surface area contributed by atoms with Crippen molar-refractivity contribution in [1.82, 2.24) is 0 Å². The molecule has 1 aromatic rings. The molecule has 0 saturated carbocycles. The second-order valence-corrected chi connectivity index (χ2v) is 4.87. The molecule has 106 valence electrons. The Labute approximate surface area is 115 Å². The maximum absolute atomic E-state index is 13.1. The zero-order valence-electron chi connectivity index (χ0n) is 11.9. The van der Waals surface area contributed by atoms with Gasteiger partial charge in [0.05, 0.1) is 12.2 Å². The third kappa shape index (κ3) is 5.86. The number of unbranched alkanes of at least 4 members (excludes halogenated alkanes) is 5. The van der Waals surface area contributed by atoms with Gasteiger partial charge >= 0.3 is 5.97 Å². The fourth-order valence-corrected chi connectivity index (χ4v) is 1.90. The van der Waals surface area contributed by atoms with E-state index in [1.165, 1.54) is 43.9 Å². The lowest BCUT2D eigenvalue weighted by atomic mass is 10.1. The molecule has 0 aliphatic heterocycles. The summed E-state index contributed by atoms with van der Waals surface area (Å²) in [6.07, 6.45) is 6.95. The van der Waals surface area contributed by atoms with Gasteiger partial charge in [-0.15, -0.1) is 0 Å². The van der Waals surface area contributed by atoms with E-state index in [9.17, 15) is 9.18 Å². The lowest BCUT2D eigenvalue weighted by Gasteiger charge is -2.06. The van der Waals surface area contributed by atoms with Crippen molar-refractivity contribution in [2.75, 3.05) is 6.61 Å². The molecule has 0 fully saturated rings. The van der Waals surface area contributed by atoms with Gasteiger partial charge in [-0.2, -0.15) is 0 Å². The number of esters is 1. The molecule has 0 bridgehead atoms. The Bertz CT molecular complexity index is 402. The molecule has 19 heavy (non-hydrogen) atoms. The Morgan fingerprint density at radius 3 is 2.53 bits per heavy atom. The van der Waals surface area contributed by atoms with Crippen LogP contribution >= 0.6 is 0 Å². The minimum atomic E-state index is -0.364. The predicted octanol–water partition coefficient (Wildman–Crippen LogP) is 4.65. The summed E-state index contributed by atoms with van der Waals surface area (Å²) >= 11 is 0. The molecule has 0 aliphatic carbocycles. The van der Waals surface area contributed by atoms with Crippen LogP contribution in [0.5, 0.6) is 0 Å². The van der Waals surface area contributed by atoms with Gasteiger partial charge in [-0.3, -0.25) is 0 Å². The largest absolute Gasteiger partial charge is 0.462 e. The fraction of sp³-hybridized carbons (Fsp3) is 0.562. The molecule has 0 aliphatic rings. The number of carbonyl (C=O) groups is 1. The van der Waals surface area contributed by atoms with E-state index in [2.05, 4.69) is 6.92 Å². The molecule has 0 saturated heterocycles. The summed E-state index contributed by atoms with van der Waals surface area (Å²) in [4.78, 5) is 11.7. The monoisotopic (exact) mass is 266 g/mol. The number of rotatable bonds is 8. The third-order valence-corrected chi connectivity index (χ3v) is 3.12. The Balaban J connectivity index is 2.22. The van der Waals surface area contributed by atoms with Crippen LogP contribution in [0.4, 0.5) is 4.39 Å². The molecule has 0 unspecified atom stereocenters. The quantitative estimate of drug-likeness (QED) is 0.505. The Kier molecular flexibility index (Phi) is 7.16. The lowest BCUT2D eigenvalue weighted by molar-refractivity contribution is 0.0497. The summed E-state index contributed by atoms with van der Waals surface area (Å²) < 4.78 is 18.2. The van der Waals surface area contributed by atoms with Crippen LogP contribution in [0.15, 0.2) is 18.2 Å². The van der Waals surface area contributed by atoms with Gasteiger partial charge in [-0.1, -0.05) is 39.0 Å². The molecule has 0 aromatic heterocycles. The van der Waals surface area contributed by atoms with Crippen molar-refractivity contribution in [3.05, 3.63) is 35.1 Å². The molecule has 1 rings (SSSR count). The van der Waals surface area contributed by atoms with Crippen molar-refractivity contribution in [3.8, 4) is 0 Å². The summed E-state index contributed by atoms with van der Waals surface area (Å²) in [6, 6.07) is 4.29. The van der Waals surface area contributed by atoms with Gasteiger partial charge in [-0.25, -0.2) is 9.18 Å². The summed E-state index contributed by atoms with van der Waals surface area (Å²) in [5, 5.41) is 0. The van der Waals surface area contributed by atoms with Crippen LogP contribution in [-0.4, -0.2) is 12.6 Å². The van der Waals surface area contributed by atoms with Crippen molar-refractivity contribution in [1.29, 1.82) is 0 Å². The molecular weight excluding hydrogens is 243 g/mol. The fourth-order valence-electron chi connectivity index (χ4n) is 1.90. The van der Waals surface area contributed by atoms with E-state index in [1.807, 2.05) is 0 Å². The Hall–Kier alpha value is -1.38. The van der Waals surface area contributed by atoms with Crippen LogP contribution in [0.2, 0.25) is 0 Å². The highest BCUT2D eigenvalue weighted by atomic mass is 19.1. The summed E-state index contributed by atoms with van der Waals surface area (Å²) in [7, 11) is 0. The molecule has 1 aromatic carbocycles. The van der Waals surface area contributed by atoms with Crippen LogP contribution in [0.25, 0.3) is 0 Å².